The van der Waals surface area contributed by atoms with E-state index in [9.17, 15) is 18.5 Å². The van der Waals surface area contributed by atoms with Gasteiger partial charge in [-0.15, -0.1) is 5.43 Å². The number of sulfone groups is 1. The van der Waals surface area contributed by atoms with Gasteiger partial charge in [-0.3, -0.25) is 10.1 Å². The van der Waals surface area contributed by atoms with Crippen LogP contribution in [0.5, 0.6) is 0 Å². The molecule has 0 amide bonds. The molecule has 1 unspecified atom stereocenters. The molecule has 1 atom stereocenters. The van der Waals surface area contributed by atoms with Crippen LogP contribution < -0.4 is 10.9 Å². The highest BCUT2D eigenvalue weighted by atomic mass is 32.2. The average molecular weight is 382 g/mol. The van der Waals surface area contributed by atoms with Crippen molar-refractivity contribution in [3.63, 3.8) is 0 Å². The van der Waals surface area contributed by atoms with E-state index in [0.717, 1.165) is 11.9 Å². The quantitative estimate of drug-likeness (QED) is 0.578. The molecule has 0 aliphatic carbocycles. The van der Waals surface area contributed by atoms with E-state index >= 15 is 0 Å². The Kier molecular flexibility index (Phi) is 5.44. The third-order valence-corrected chi connectivity index (χ3v) is 6.62. The van der Waals surface area contributed by atoms with Crippen LogP contribution in [0.25, 0.3) is 0 Å². The van der Waals surface area contributed by atoms with Crippen LogP contribution in [0, 0.1) is 10.1 Å². The molecule has 0 aromatic heterocycles. The van der Waals surface area contributed by atoms with Gasteiger partial charge in [-0.2, -0.15) is 4.99 Å². The molecule has 144 valence electrons. The van der Waals surface area contributed by atoms with Crippen LogP contribution in [0.2, 0.25) is 0 Å². The normalized spacial score (nSPS) is 20.2. The van der Waals surface area contributed by atoms with Crippen molar-refractivity contribution in [2.24, 2.45) is 4.99 Å². The highest BCUT2D eigenvalue weighted by Gasteiger charge is 2.60. The second-order valence-corrected chi connectivity index (χ2v) is 9.37. The number of nitrogens with zero attached hydrogens (tertiary/aromatic N) is 2. The molecular weight excluding hydrogens is 356 g/mol. The van der Waals surface area contributed by atoms with Crippen LogP contribution in [0.3, 0.4) is 0 Å². The van der Waals surface area contributed by atoms with E-state index in [2.05, 4.69) is 15.8 Å². The number of hydrogen-bond donors (Lipinski definition) is 2. The second-order valence-electron chi connectivity index (χ2n) is 7.39. The lowest BCUT2D eigenvalue weighted by atomic mass is 9.89. The molecule has 0 spiro atoms. The van der Waals surface area contributed by atoms with Gasteiger partial charge in [-0.05, 0) is 34.4 Å². The third kappa shape index (κ3) is 3.09. The van der Waals surface area contributed by atoms with Gasteiger partial charge in [0.25, 0.3) is 9.84 Å². The summed E-state index contributed by atoms with van der Waals surface area (Å²) in [6.07, 6.45) is 0.993. The third-order valence-electron chi connectivity index (χ3n) is 4.51. The van der Waals surface area contributed by atoms with Gasteiger partial charge in [-0.1, -0.05) is 53.7 Å². The van der Waals surface area contributed by atoms with Crippen molar-refractivity contribution >= 4 is 16.2 Å². The van der Waals surface area contributed by atoms with E-state index in [1.165, 1.54) is 0 Å². The molecule has 0 bridgehead atoms. The zero-order chi connectivity index (χ0) is 19.9. The van der Waals surface area contributed by atoms with E-state index in [-0.39, 0.29) is 22.6 Å². The number of aliphatic imine (C=N–C) groups is 1. The Morgan fingerprint density at radius 2 is 1.54 bits per heavy atom. The van der Waals surface area contributed by atoms with Crippen molar-refractivity contribution in [1.29, 1.82) is 0 Å². The number of rotatable bonds is 6. The van der Waals surface area contributed by atoms with Crippen molar-refractivity contribution in [1.82, 2.24) is 10.9 Å². The molecule has 0 saturated carbocycles. The summed E-state index contributed by atoms with van der Waals surface area (Å²) in [5, 5.41) is 9.02. The SMILES string of the molecule is CC(C)c1cc(C(C)C)c(S(=O)(=O)C2([N+](=O)[O-])N=CNN2)c(C(C)C)c1. The van der Waals surface area contributed by atoms with Gasteiger partial charge < -0.3 is 5.43 Å². The van der Waals surface area contributed by atoms with Crippen molar-refractivity contribution < 1.29 is 13.3 Å². The Bertz CT molecular complexity index is 817. The van der Waals surface area contributed by atoms with Gasteiger partial charge in [0.2, 0.25) is 0 Å². The minimum atomic E-state index is -4.46. The number of nitrogens with one attached hydrogen (secondary N) is 2. The number of nitro groups is 1. The molecule has 2 N–H and O–H groups in total. The fraction of sp³-hybridized carbons (Fsp3) is 0.588. The molecule has 1 aromatic rings. The second kappa shape index (κ2) is 6.96. The molecule has 9 heteroatoms. The number of hydrazine groups is 1. The highest BCUT2D eigenvalue weighted by Crippen LogP contribution is 2.39. The van der Waals surface area contributed by atoms with Crippen molar-refractivity contribution in [3.8, 4) is 0 Å². The van der Waals surface area contributed by atoms with Gasteiger partial charge in [0.1, 0.15) is 6.34 Å². The summed E-state index contributed by atoms with van der Waals surface area (Å²) in [5.41, 5.74) is 6.71. The molecule has 1 heterocycles. The van der Waals surface area contributed by atoms with Crippen LogP contribution in [0.4, 0.5) is 0 Å². The summed E-state index contributed by atoms with van der Waals surface area (Å²) >= 11 is 0. The molecule has 1 aliphatic heterocycles. The van der Waals surface area contributed by atoms with Crippen LogP contribution in [0.1, 0.15) is 76.0 Å². The minimum absolute atomic E-state index is 0.00282. The van der Waals surface area contributed by atoms with E-state index in [1.54, 1.807) is 0 Å². The number of hydrogen-bond acceptors (Lipinski definition) is 7. The van der Waals surface area contributed by atoms with E-state index in [1.807, 2.05) is 53.7 Å². The van der Waals surface area contributed by atoms with Crippen molar-refractivity contribution in [2.45, 2.75) is 69.3 Å². The molecule has 0 fully saturated rings. The Labute approximate surface area is 154 Å². The first-order valence-electron chi connectivity index (χ1n) is 8.59. The van der Waals surface area contributed by atoms with Crippen LogP contribution in [-0.4, -0.2) is 24.8 Å². The first-order chi connectivity index (χ1) is 12.0. The van der Waals surface area contributed by atoms with Gasteiger partial charge >= 0.3 is 5.12 Å². The molecule has 0 saturated heterocycles. The number of benzene rings is 1. The molecule has 26 heavy (non-hydrogen) atoms. The zero-order valence-corrected chi connectivity index (χ0v) is 16.7. The maximum absolute atomic E-state index is 13.5. The summed E-state index contributed by atoms with van der Waals surface area (Å²) in [5.74, 6) is -0.0493. The van der Waals surface area contributed by atoms with Gasteiger partial charge in [0.05, 0.1) is 9.82 Å². The van der Waals surface area contributed by atoms with Gasteiger partial charge in [-0.25, -0.2) is 8.42 Å². The fourth-order valence-corrected chi connectivity index (χ4v) is 5.02. The topological polar surface area (TPSA) is 114 Å². The lowest BCUT2D eigenvalue weighted by Gasteiger charge is -2.25. The van der Waals surface area contributed by atoms with Gasteiger partial charge in [0, 0.05) is 0 Å². The van der Waals surface area contributed by atoms with Crippen LogP contribution in [0.15, 0.2) is 22.0 Å². The standard InChI is InChI=1S/C17H26N4O4S/c1-10(2)13-7-14(11(3)4)16(15(8-13)12(5)6)26(24,25)17(21(22)23)18-9-19-20-17/h7-12,20H,1-6H3,(H,18,19). The van der Waals surface area contributed by atoms with Crippen LogP contribution >= 0.6 is 0 Å². The summed E-state index contributed by atoms with van der Waals surface area (Å²) < 4.78 is 26.9. The summed E-state index contributed by atoms with van der Waals surface area (Å²) in [6, 6.07) is 3.68. The predicted molar refractivity (Wildman–Crippen MR) is 100 cm³/mol. The predicted octanol–water partition coefficient (Wildman–Crippen LogP) is 2.85. The Balaban J connectivity index is 2.91. The first-order valence-corrected chi connectivity index (χ1v) is 10.1. The lowest BCUT2D eigenvalue weighted by Crippen LogP contribution is -2.56. The Hall–Kier alpha value is -2.00. The van der Waals surface area contributed by atoms with E-state index < -0.39 is 19.9 Å². The smallest absolute Gasteiger partial charge is 0.304 e. The summed E-state index contributed by atoms with van der Waals surface area (Å²) in [7, 11) is -4.46. The van der Waals surface area contributed by atoms with Crippen molar-refractivity contribution in [3.05, 3.63) is 38.9 Å². The first kappa shape index (κ1) is 20.3. The Morgan fingerprint density at radius 1 is 1.04 bits per heavy atom. The van der Waals surface area contributed by atoms with E-state index in [4.69, 9.17) is 0 Å². The fourth-order valence-electron chi connectivity index (χ4n) is 2.95. The molecule has 2 rings (SSSR count). The van der Waals surface area contributed by atoms with Crippen LogP contribution in [-0.2, 0) is 9.84 Å². The largest absolute Gasteiger partial charge is 0.495 e. The zero-order valence-electron chi connectivity index (χ0n) is 15.9. The van der Waals surface area contributed by atoms with Gasteiger partial charge in [0.15, 0.2) is 0 Å². The molecule has 0 radical (unpaired) electrons. The maximum atomic E-state index is 13.5. The lowest BCUT2D eigenvalue weighted by molar-refractivity contribution is -0.545. The Morgan fingerprint density at radius 3 is 1.85 bits per heavy atom. The molecular formula is C17H26N4O4S. The van der Waals surface area contributed by atoms with Crippen molar-refractivity contribution in [2.75, 3.05) is 0 Å². The van der Waals surface area contributed by atoms with E-state index in [0.29, 0.717) is 11.1 Å². The monoisotopic (exact) mass is 382 g/mol. The molecule has 8 nitrogen and oxygen atoms in total. The maximum Gasteiger partial charge on any atom is 0.495 e. The molecule has 1 aliphatic rings. The summed E-state index contributed by atoms with van der Waals surface area (Å²) in [4.78, 5) is 14.4. The highest BCUT2D eigenvalue weighted by molar-refractivity contribution is 7.92. The molecule has 1 aromatic carbocycles. The average Bonchev–Trinajstić information content (AvgIpc) is 3.04. The summed E-state index contributed by atoms with van der Waals surface area (Å²) in [6.45, 7) is 11.6. The minimum Gasteiger partial charge on any atom is -0.304 e.